The maximum absolute atomic E-state index is 11.3. The summed E-state index contributed by atoms with van der Waals surface area (Å²) in [5, 5.41) is 7.49. The number of aryl methyl sites for hydroxylation is 1. The van der Waals surface area contributed by atoms with Gasteiger partial charge in [-0.2, -0.15) is 5.10 Å². The van der Waals surface area contributed by atoms with Gasteiger partial charge in [-0.25, -0.2) is 4.79 Å². The highest BCUT2D eigenvalue weighted by atomic mass is 16.5. The van der Waals surface area contributed by atoms with Gasteiger partial charge in [0.15, 0.2) is 0 Å². The Balaban J connectivity index is 1.75. The largest absolute Gasteiger partial charge is 0.465 e. The fraction of sp³-hybridized carbons (Fsp3) is 0.357. The summed E-state index contributed by atoms with van der Waals surface area (Å²) in [6.07, 6.45) is 5.37. The normalized spacial score (nSPS) is 10.5. The van der Waals surface area contributed by atoms with Crippen LogP contribution in [-0.2, 0) is 17.8 Å². The van der Waals surface area contributed by atoms with Crippen LogP contribution in [0.5, 0.6) is 0 Å². The van der Waals surface area contributed by atoms with Crippen LogP contribution < -0.4 is 5.32 Å². The molecular weight excluding hydrogens is 256 g/mol. The minimum absolute atomic E-state index is 0.369. The molecule has 2 aromatic heterocycles. The molecule has 0 fully saturated rings. The summed E-state index contributed by atoms with van der Waals surface area (Å²) < 4.78 is 6.52. The molecule has 6 nitrogen and oxygen atoms in total. The predicted molar refractivity (Wildman–Crippen MR) is 74.2 cm³/mol. The van der Waals surface area contributed by atoms with Crippen LogP contribution >= 0.6 is 0 Å². The molecule has 0 radical (unpaired) electrons. The number of aromatic nitrogens is 3. The van der Waals surface area contributed by atoms with Crippen molar-refractivity contribution in [2.75, 3.05) is 13.7 Å². The van der Waals surface area contributed by atoms with Crippen LogP contribution in [0.4, 0.5) is 0 Å². The van der Waals surface area contributed by atoms with Gasteiger partial charge in [-0.1, -0.05) is 0 Å². The topological polar surface area (TPSA) is 69.0 Å². The lowest BCUT2D eigenvalue weighted by Crippen LogP contribution is -2.20. The third-order valence-corrected chi connectivity index (χ3v) is 2.83. The van der Waals surface area contributed by atoms with E-state index in [9.17, 15) is 4.79 Å². The molecule has 0 amide bonds. The highest BCUT2D eigenvalue weighted by Crippen LogP contribution is 2.01. The highest BCUT2D eigenvalue weighted by Gasteiger charge is 2.05. The second-order valence-corrected chi connectivity index (χ2v) is 4.49. The third-order valence-electron chi connectivity index (χ3n) is 2.83. The van der Waals surface area contributed by atoms with Crippen LogP contribution in [0.15, 0.2) is 30.7 Å². The van der Waals surface area contributed by atoms with Crippen molar-refractivity contribution >= 4 is 5.97 Å². The number of carbonyl (C=O) groups is 1. The molecular formula is C14H18N4O2. The molecule has 0 aliphatic heterocycles. The van der Waals surface area contributed by atoms with Gasteiger partial charge >= 0.3 is 5.97 Å². The second kappa shape index (κ2) is 6.81. The number of hydrogen-bond donors (Lipinski definition) is 1. The standard InChI is InChI=1S/C14H18N4O2/c1-11-7-17-18(10-11)6-5-15-9-13-4-3-12(8-16-13)14(19)20-2/h3-4,7-8,10,15H,5-6,9H2,1-2H3. The fourth-order valence-electron chi connectivity index (χ4n) is 1.77. The molecule has 0 aliphatic carbocycles. The van der Waals surface area contributed by atoms with E-state index in [0.717, 1.165) is 24.3 Å². The van der Waals surface area contributed by atoms with Crippen LogP contribution in [0.3, 0.4) is 0 Å². The first-order chi connectivity index (χ1) is 9.69. The minimum Gasteiger partial charge on any atom is -0.465 e. The van der Waals surface area contributed by atoms with Crippen molar-refractivity contribution < 1.29 is 9.53 Å². The smallest absolute Gasteiger partial charge is 0.339 e. The second-order valence-electron chi connectivity index (χ2n) is 4.49. The number of ether oxygens (including phenoxy) is 1. The van der Waals surface area contributed by atoms with Crippen LogP contribution in [0.1, 0.15) is 21.6 Å². The minimum atomic E-state index is -0.369. The highest BCUT2D eigenvalue weighted by molar-refractivity contribution is 5.88. The molecule has 2 aromatic rings. The van der Waals surface area contributed by atoms with Crippen molar-refractivity contribution in [3.05, 3.63) is 47.5 Å². The maximum atomic E-state index is 11.3. The van der Waals surface area contributed by atoms with E-state index in [1.807, 2.05) is 30.1 Å². The summed E-state index contributed by atoms with van der Waals surface area (Å²) in [4.78, 5) is 15.5. The lowest BCUT2D eigenvalue weighted by molar-refractivity contribution is 0.0600. The summed E-state index contributed by atoms with van der Waals surface area (Å²) >= 11 is 0. The lowest BCUT2D eigenvalue weighted by atomic mass is 10.2. The zero-order chi connectivity index (χ0) is 14.4. The summed E-state index contributed by atoms with van der Waals surface area (Å²) in [5.41, 5.74) is 2.50. The molecule has 0 atom stereocenters. The van der Waals surface area contributed by atoms with E-state index in [1.165, 1.54) is 13.3 Å². The molecule has 0 bridgehead atoms. The summed E-state index contributed by atoms with van der Waals surface area (Å²) in [7, 11) is 1.36. The van der Waals surface area contributed by atoms with Gasteiger partial charge in [0.1, 0.15) is 0 Å². The Morgan fingerprint density at radius 1 is 1.40 bits per heavy atom. The third kappa shape index (κ3) is 3.89. The van der Waals surface area contributed by atoms with Gasteiger partial charge in [0.05, 0.1) is 31.1 Å². The van der Waals surface area contributed by atoms with Crippen molar-refractivity contribution in [1.29, 1.82) is 0 Å². The number of hydrogen-bond acceptors (Lipinski definition) is 5. The fourth-order valence-corrected chi connectivity index (χ4v) is 1.77. The Hall–Kier alpha value is -2.21. The van der Waals surface area contributed by atoms with E-state index in [1.54, 1.807) is 6.07 Å². The number of methoxy groups -OCH3 is 1. The van der Waals surface area contributed by atoms with Crippen molar-refractivity contribution in [1.82, 2.24) is 20.1 Å². The van der Waals surface area contributed by atoms with Crippen molar-refractivity contribution in [3.8, 4) is 0 Å². The van der Waals surface area contributed by atoms with Crippen LogP contribution in [0.25, 0.3) is 0 Å². The van der Waals surface area contributed by atoms with E-state index < -0.39 is 0 Å². The number of nitrogens with zero attached hydrogens (tertiary/aromatic N) is 3. The van der Waals surface area contributed by atoms with E-state index in [4.69, 9.17) is 0 Å². The Labute approximate surface area is 117 Å². The number of carbonyl (C=O) groups excluding carboxylic acids is 1. The molecule has 20 heavy (non-hydrogen) atoms. The maximum Gasteiger partial charge on any atom is 0.339 e. The van der Waals surface area contributed by atoms with Gasteiger partial charge in [-0.3, -0.25) is 9.67 Å². The first-order valence-electron chi connectivity index (χ1n) is 6.42. The van der Waals surface area contributed by atoms with E-state index in [2.05, 4.69) is 20.1 Å². The Morgan fingerprint density at radius 2 is 2.25 bits per heavy atom. The average Bonchev–Trinajstić information content (AvgIpc) is 2.89. The average molecular weight is 274 g/mol. The molecule has 6 heteroatoms. The Bertz CT molecular complexity index is 563. The van der Waals surface area contributed by atoms with Gasteiger partial charge in [0.25, 0.3) is 0 Å². The van der Waals surface area contributed by atoms with Gasteiger partial charge in [-0.15, -0.1) is 0 Å². The summed E-state index contributed by atoms with van der Waals surface area (Å²) in [6, 6.07) is 3.53. The van der Waals surface area contributed by atoms with Gasteiger partial charge < -0.3 is 10.1 Å². The Morgan fingerprint density at radius 3 is 2.85 bits per heavy atom. The number of esters is 1. The zero-order valence-electron chi connectivity index (χ0n) is 11.7. The van der Waals surface area contributed by atoms with Gasteiger partial charge in [0.2, 0.25) is 0 Å². The van der Waals surface area contributed by atoms with Gasteiger partial charge in [0, 0.05) is 25.5 Å². The molecule has 1 N–H and O–H groups in total. The number of pyridine rings is 1. The van der Waals surface area contributed by atoms with Crippen LogP contribution in [0.2, 0.25) is 0 Å². The Kier molecular flexibility index (Phi) is 4.84. The zero-order valence-corrected chi connectivity index (χ0v) is 11.7. The molecule has 0 unspecified atom stereocenters. The van der Waals surface area contributed by atoms with Crippen molar-refractivity contribution in [2.45, 2.75) is 20.0 Å². The van der Waals surface area contributed by atoms with Crippen LogP contribution in [0, 0.1) is 6.92 Å². The first-order valence-corrected chi connectivity index (χ1v) is 6.42. The van der Waals surface area contributed by atoms with E-state index >= 15 is 0 Å². The monoisotopic (exact) mass is 274 g/mol. The lowest BCUT2D eigenvalue weighted by Gasteiger charge is -2.05. The predicted octanol–water partition coefficient (Wildman–Crippen LogP) is 1.16. The quantitative estimate of drug-likeness (QED) is 0.632. The molecule has 2 heterocycles. The summed E-state index contributed by atoms with van der Waals surface area (Å²) in [6.45, 7) is 4.29. The van der Waals surface area contributed by atoms with Crippen LogP contribution in [-0.4, -0.2) is 34.4 Å². The van der Waals surface area contributed by atoms with Gasteiger partial charge in [-0.05, 0) is 24.6 Å². The van der Waals surface area contributed by atoms with E-state index in [0.29, 0.717) is 12.1 Å². The molecule has 0 saturated carbocycles. The molecule has 106 valence electrons. The molecule has 0 aliphatic rings. The molecule has 0 aromatic carbocycles. The molecule has 2 rings (SSSR count). The SMILES string of the molecule is COC(=O)c1ccc(CNCCn2cc(C)cn2)nc1. The first kappa shape index (κ1) is 14.2. The molecule has 0 saturated heterocycles. The van der Waals surface area contributed by atoms with Crippen molar-refractivity contribution in [2.24, 2.45) is 0 Å². The number of rotatable bonds is 6. The van der Waals surface area contributed by atoms with Crippen molar-refractivity contribution in [3.63, 3.8) is 0 Å². The number of nitrogens with one attached hydrogen (secondary N) is 1. The van der Waals surface area contributed by atoms with E-state index in [-0.39, 0.29) is 5.97 Å². The molecule has 0 spiro atoms. The summed E-state index contributed by atoms with van der Waals surface area (Å²) in [5.74, 6) is -0.369.